The number of thiophene rings is 1. The monoisotopic (exact) mass is 217 g/mol. The van der Waals surface area contributed by atoms with Gasteiger partial charge < -0.3 is 5.11 Å². The van der Waals surface area contributed by atoms with Gasteiger partial charge in [0.1, 0.15) is 6.61 Å². The van der Waals surface area contributed by atoms with E-state index in [2.05, 4.69) is 11.8 Å². The van der Waals surface area contributed by atoms with E-state index >= 15 is 0 Å². The Morgan fingerprint density at radius 1 is 1.62 bits per heavy atom. The number of hydrogen-bond acceptors (Lipinski definition) is 4. The number of primary sulfonamides is 1. The molecule has 0 saturated carbocycles. The first-order chi connectivity index (χ1) is 6.04. The number of hydrogen-bond donors (Lipinski definition) is 2. The lowest BCUT2D eigenvalue weighted by atomic mass is 10.4. The standard InChI is InChI=1S/C7H7NO3S2/c8-13(10,11)7-4-6(12-5-7)2-1-3-9/h4-5,9H,3H2,(H2,8,10,11). The first kappa shape index (κ1) is 10.2. The van der Waals surface area contributed by atoms with Gasteiger partial charge in [-0.25, -0.2) is 13.6 Å². The molecule has 0 atom stereocenters. The molecule has 0 aliphatic rings. The minimum Gasteiger partial charge on any atom is -0.384 e. The van der Waals surface area contributed by atoms with Gasteiger partial charge in [0.2, 0.25) is 10.0 Å². The number of aliphatic hydroxyl groups excluding tert-OH is 1. The molecule has 70 valence electrons. The van der Waals surface area contributed by atoms with Crippen molar-refractivity contribution in [2.45, 2.75) is 4.90 Å². The van der Waals surface area contributed by atoms with E-state index in [1.54, 1.807) is 0 Å². The van der Waals surface area contributed by atoms with Gasteiger partial charge in [0.15, 0.2) is 0 Å². The molecular weight excluding hydrogens is 210 g/mol. The molecule has 0 radical (unpaired) electrons. The van der Waals surface area contributed by atoms with Crippen molar-refractivity contribution in [3.05, 3.63) is 16.3 Å². The topological polar surface area (TPSA) is 80.4 Å². The van der Waals surface area contributed by atoms with E-state index in [1.807, 2.05) is 0 Å². The molecule has 0 bridgehead atoms. The molecule has 1 aromatic rings. The van der Waals surface area contributed by atoms with Crippen LogP contribution < -0.4 is 5.14 Å². The van der Waals surface area contributed by atoms with Crippen LogP contribution in [0.4, 0.5) is 0 Å². The number of nitrogens with two attached hydrogens (primary N) is 1. The fourth-order valence-electron chi connectivity index (χ4n) is 0.660. The maximum absolute atomic E-state index is 10.8. The molecule has 0 saturated heterocycles. The smallest absolute Gasteiger partial charge is 0.238 e. The van der Waals surface area contributed by atoms with Crippen LogP contribution >= 0.6 is 11.3 Å². The molecule has 0 aliphatic carbocycles. The van der Waals surface area contributed by atoms with Crippen LogP contribution in [0.25, 0.3) is 0 Å². The molecule has 0 amide bonds. The van der Waals surface area contributed by atoms with Gasteiger partial charge in [-0.1, -0.05) is 11.8 Å². The van der Waals surface area contributed by atoms with Crippen molar-refractivity contribution in [2.75, 3.05) is 6.61 Å². The lowest BCUT2D eigenvalue weighted by molar-refractivity contribution is 0.350. The van der Waals surface area contributed by atoms with Crippen LogP contribution in [0.5, 0.6) is 0 Å². The second-order valence-electron chi connectivity index (χ2n) is 2.15. The van der Waals surface area contributed by atoms with Gasteiger partial charge in [0.25, 0.3) is 0 Å². The summed E-state index contributed by atoms with van der Waals surface area (Å²) in [5, 5.41) is 14.7. The summed E-state index contributed by atoms with van der Waals surface area (Å²) >= 11 is 1.17. The summed E-state index contributed by atoms with van der Waals surface area (Å²) in [4.78, 5) is 0.623. The van der Waals surface area contributed by atoms with E-state index in [1.165, 1.54) is 22.8 Å². The first-order valence-corrected chi connectivity index (χ1v) is 5.67. The summed E-state index contributed by atoms with van der Waals surface area (Å²) in [5.41, 5.74) is 0. The summed E-state index contributed by atoms with van der Waals surface area (Å²) in [7, 11) is -3.63. The highest BCUT2D eigenvalue weighted by molar-refractivity contribution is 7.89. The molecule has 0 aromatic carbocycles. The zero-order chi connectivity index (χ0) is 9.90. The maximum atomic E-state index is 10.8. The van der Waals surface area contributed by atoms with Crippen LogP contribution in [0, 0.1) is 11.8 Å². The van der Waals surface area contributed by atoms with Gasteiger partial charge in [-0.3, -0.25) is 0 Å². The second kappa shape index (κ2) is 3.89. The van der Waals surface area contributed by atoms with Gasteiger partial charge >= 0.3 is 0 Å². The van der Waals surface area contributed by atoms with Gasteiger partial charge in [0.05, 0.1) is 9.77 Å². The first-order valence-electron chi connectivity index (χ1n) is 3.25. The van der Waals surface area contributed by atoms with E-state index in [0.29, 0.717) is 4.88 Å². The van der Waals surface area contributed by atoms with Crippen LogP contribution in [0.3, 0.4) is 0 Å². The highest BCUT2D eigenvalue weighted by atomic mass is 32.2. The molecule has 3 N–H and O–H groups in total. The van der Waals surface area contributed by atoms with Crippen molar-refractivity contribution < 1.29 is 13.5 Å². The van der Waals surface area contributed by atoms with E-state index in [9.17, 15) is 8.42 Å². The molecule has 4 nitrogen and oxygen atoms in total. The van der Waals surface area contributed by atoms with Crippen molar-refractivity contribution in [1.82, 2.24) is 0 Å². The Hall–Kier alpha value is -0.870. The third-order valence-electron chi connectivity index (χ3n) is 1.19. The van der Waals surface area contributed by atoms with E-state index in [-0.39, 0.29) is 11.5 Å². The summed E-state index contributed by atoms with van der Waals surface area (Å²) in [6.07, 6.45) is 0. The minimum atomic E-state index is -3.63. The Kier molecular flexibility index (Phi) is 3.06. The van der Waals surface area contributed by atoms with Crippen LogP contribution in [-0.2, 0) is 10.0 Å². The number of aliphatic hydroxyl groups is 1. The number of rotatable bonds is 1. The van der Waals surface area contributed by atoms with E-state index < -0.39 is 10.0 Å². The lowest BCUT2D eigenvalue weighted by Crippen LogP contribution is -2.10. The van der Waals surface area contributed by atoms with Crippen molar-refractivity contribution in [2.24, 2.45) is 5.14 Å². The average Bonchev–Trinajstić information content (AvgIpc) is 2.47. The van der Waals surface area contributed by atoms with Crippen LogP contribution in [0.1, 0.15) is 4.88 Å². The quantitative estimate of drug-likeness (QED) is 0.636. The second-order valence-corrected chi connectivity index (χ2v) is 4.62. The Balaban J connectivity index is 3.01. The zero-order valence-electron chi connectivity index (χ0n) is 6.52. The Morgan fingerprint density at radius 3 is 2.77 bits per heavy atom. The fourth-order valence-corrected chi connectivity index (χ4v) is 2.34. The van der Waals surface area contributed by atoms with Gasteiger partial charge in [-0.05, 0) is 6.07 Å². The summed E-state index contributed by atoms with van der Waals surface area (Å²) in [6.45, 7) is -0.247. The van der Waals surface area contributed by atoms with Gasteiger partial charge in [-0.2, -0.15) is 0 Å². The lowest BCUT2D eigenvalue weighted by Gasteiger charge is -1.87. The summed E-state index contributed by atoms with van der Waals surface area (Å²) in [6, 6.07) is 1.38. The zero-order valence-corrected chi connectivity index (χ0v) is 8.15. The molecule has 13 heavy (non-hydrogen) atoms. The predicted molar refractivity (Wildman–Crippen MR) is 49.7 cm³/mol. The van der Waals surface area contributed by atoms with E-state index in [0.717, 1.165) is 0 Å². The third-order valence-corrected chi connectivity index (χ3v) is 3.08. The maximum Gasteiger partial charge on any atom is 0.238 e. The Bertz CT molecular complexity index is 450. The van der Waals surface area contributed by atoms with Crippen molar-refractivity contribution in [3.63, 3.8) is 0 Å². The minimum absolute atomic E-state index is 0.0553. The molecule has 1 aromatic heterocycles. The molecule has 1 rings (SSSR count). The van der Waals surface area contributed by atoms with E-state index in [4.69, 9.17) is 10.2 Å². The Morgan fingerprint density at radius 2 is 2.31 bits per heavy atom. The highest BCUT2D eigenvalue weighted by Gasteiger charge is 2.09. The average molecular weight is 217 g/mol. The van der Waals surface area contributed by atoms with Crippen molar-refractivity contribution in [1.29, 1.82) is 0 Å². The molecule has 1 heterocycles. The highest BCUT2D eigenvalue weighted by Crippen LogP contribution is 2.16. The van der Waals surface area contributed by atoms with Crippen LogP contribution in [0.2, 0.25) is 0 Å². The van der Waals surface area contributed by atoms with Crippen molar-refractivity contribution >= 4 is 21.4 Å². The summed E-state index contributed by atoms with van der Waals surface area (Å²) < 4.78 is 21.6. The molecule has 0 spiro atoms. The SMILES string of the molecule is NS(=O)(=O)c1csc(C#CCO)c1. The summed E-state index contributed by atoms with van der Waals surface area (Å²) in [5.74, 6) is 4.99. The van der Waals surface area contributed by atoms with Gasteiger partial charge in [0, 0.05) is 5.38 Å². The largest absolute Gasteiger partial charge is 0.384 e. The van der Waals surface area contributed by atoms with Gasteiger partial charge in [-0.15, -0.1) is 11.3 Å². The van der Waals surface area contributed by atoms with Crippen LogP contribution in [0.15, 0.2) is 16.3 Å². The molecular formula is C7H7NO3S2. The molecule has 0 fully saturated rings. The Labute approximate surface area is 80.1 Å². The van der Waals surface area contributed by atoms with Crippen LogP contribution in [-0.4, -0.2) is 20.1 Å². The molecule has 6 heteroatoms. The normalized spacial score (nSPS) is 10.6. The molecule has 0 unspecified atom stereocenters. The number of sulfonamides is 1. The predicted octanol–water partition coefficient (Wildman–Crippen LogP) is -0.261. The van der Waals surface area contributed by atoms with Crippen molar-refractivity contribution in [3.8, 4) is 11.8 Å². The third kappa shape index (κ3) is 2.82. The molecule has 0 aliphatic heterocycles. The fraction of sp³-hybridized carbons (Fsp3) is 0.143.